The molecule has 16 nitrogen and oxygen atoms in total. The number of amides is 2. The van der Waals surface area contributed by atoms with Crippen molar-refractivity contribution in [2.75, 3.05) is 66.6 Å². The predicted octanol–water partition coefficient (Wildman–Crippen LogP) is 6.89. The molecule has 0 radical (unpaired) electrons. The average molecular weight is 941 g/mol. The Morgan fingerprint density at radius 2 is 1.14 bits per heavy atom. The van der Waals surface area contributed by atoms with Gasteiger partial charge in [-0.2, -0.15) is 0 Å². The second-order valence-electron chi connectivity index (χ2n) is 21.2. The van der Waals surface area contributed by atoms with Crippen molar-refractivity contribution in [1.82, 2.24) is 58.6 Å². The highest BCUT2D eigenvalue weighted by atomic mass is 16.5. The zero-order chi connectivity index (χ0) is 47.5. The normalized spacial score (nSPS) is 19.1. The molecule has 10 heterocycles. The molecule has 6 fully saturated rings. The first-order valence-corrected chi connectivity index (χ1v) is 25.1. The van der Waals surface area contributed by atoms with Crippen molar-refractivity contribution >= 4 is 55.9 Å². The summed E-state index contributed by atoms with van der Waals surface area (Å²) in [4.78, 5) is 50.2. The van der Waals surface area contributed by atoms with E-state index in [2.05, 4.69) is 63.1 Å². The highest BCUT2D eigenvalue weighted by molar-refractivity contribution is 6.01. The number of nitrogens with one attached hydrogen (secondary N) is 2. The molecule has 2 saturated carbocycles. The number of methoxy groups -OCH3 is 2. The van der Waals surface area contributed by atoms with Crippen molar-refractivity contribution in [3.8, 4) is 34.5 Å². The van der Waals surface area contributed by atoms with Crippen molar-refractivity contribution in [2.45, 2.75) is 51.6 Å². The van der Waals surface area contributed by atoms with E-state index in [1.165, 1.54) is 25.7 Å². The van der Waals surface area contributed by atoms with Gasteiger partial charge in [0.25, 0.3) is 11.8 Å². The fraction of sp³-hybridized carbons (Fsp3) is 0.444. The van der Waals surface area contributed by atoms with E-state index in [9.17, 15) is 9.59 Å². The quantitative estimate of drug-likeness (QED) is 0.148. The zero-order valence-corrected chi connectivity index (χ0v) is 40.5. The lowest BCUT2D eigenvalue weighted by atomic mass is 9.79. The summed E-state index contributed by atoms with van der Waals surface area (Å²) in [6.45, 7) is 9.24. The van der Waals surface area contributed by atoms with E-state index >= 15 is 0 Å². The average Bonchev–Trinajstić information content (AvgIpc) is 3.96. The molecular formula is C54H60N12O4. The third kappa shape index (κ3) is 7.23. The van der Waals surface area contributed by atoms with E-state index in [0.717, 1.165) is 145 Å². The van der Waals surface area contributed by atoms with Gasteiger partial charge in [0.2, 0.25) is 0 Å². The van der Waals surface area contributed by atoms with Gasteiger partial charge in [-0.3, -0.25) is 9.59 Å². The Morgan fingerprint density at radius 3 is 1.59 bits per heavy atom. The smallest absolute Gasteiger partial charge is 0.254 e. The highest BCUT2D eigenvalue weighted by Gasteiger charge is 2.47. The Labute approximate surface area is 406 Å². The molecule has 0 unspecified atom stereocenters. The number of aryl methyl sites for hydroxylation is 2. The number of carbonyl (C=O) groups is 2. The number of rotatable bonds is 10. The highest BCUT2D eigenvalue weighted by Crippen LogP contribution is 2.42. The number of ether oxygens (including phenoxy) is 2. The molecule has 14 rings (SSSR count). The first kappa shape index (κ1) is 43.3. The van der Waals surface area contributed by atoms with E-state index < -0.39 is 0 Å². The second kappa shape index (κ2) is 16.4. The lowest BCUT2D eigenvalue weighted by Crippen LogP contribution is -2.59. The zero-order valence-electron chi connectivity index (χ0n) is 40.5. The van der Waals surface area contributed by atoms with E-state index in [1.54, 1.807) is 14.2 Å². The Kier molecular flexibility index (Phi) is 10.1. The van der Waals surface area contributed by atoms with Crippen LogP contribution in [0.2, 0.25) is 0 Å². The van der Waals surface area contributed by atoms with E-state index in [0.29, 0.717) is 34.5 Å². The summed E-state index contributed by atoms with van der Waals surface area (Å²) in [7, 11) is 7.36. The van der Waals surface area contributed by atoms with Crippen LogP contribution < -0.4 is 20.1 Å². The third-order valence-corrected chi connectivity index (χ3v) is 16.2. The maximum Gasteiger partial charge on any atom is 0.254 e. The van der Waals surface area contributed by atoms with Crippen LogP contribution in [0.4, 0.5) is 0 Å². The van der Waals surface area contributed by atoms with Crippen LogP contribution in [0.15, 0.2) is 73.1 Å². The topological polar surface area (TPSA) is 154 Å². The summed E-state index contributed by atoms with van der Waals surface area (Å²) in [5, 5.41) is 9.03. The second-order valence-corrected chi connectivity index (χ2v) is 21.2. The lowest BCUT2D eigenvalue weighted by Gasteiger charge is -2.47. The molecule has 4 aliphatic heterocycles. The number of hydrogen-bond acceptors (Lipinski definition) is 10. The van der Waals surface area contributed by atoms with Gasteiger partial charge in [-0.15, -0.1) is 0 Å². The van der Waals surface area contributed by atoms with Gasteiger partial charge in [0.1, 0.15) is 33.8 Å². The number of aromatic nitrogens is 8. The van der Waals surface area contributed by atoms with Gasteiger partial charge < -0.3 is 48.2 Å². The van der Waals surface area contributed by atoms with Crippen LogP contribution in [0.5, 0.6) is 11.5 Å². The van der Waals surface area contributed by atoms with Crippen molar-refractivity contribution in [3.63, 3.8) is 0 Å². The summed E-state index contributed by atoms with van der Waals surface area (Å²) in [5.74, 6) is 4.60. The number of pyridine rings is 2. The first-order chi connectivity index (χ1) is 34.1. The van der Waals surface area contributed by atoms with E-state index in [-0.39, 0.29) is 22.6 Å². The fourth-order valence-electron chi connectivity index (χ4n) is 11.9. The number of carbonyl (C=O) groups excluding carboxylic acids is 2. The molecule has 6 aliphatic rings. The Hall–Kier alpha value is -6.78. The Bertz CT molecular complexity index is 3390. The van der Waals surface area contributed by atoms with Gasteiger partial charge in [-0.1, -0.05) is 0 Å². The summed E-state index contributed by atoms with van der Waals surface area (Å²) in [5.41, 5.74) is 9.27. The molecule has 2 N–H and O–H groups in total. The third-order valence-electron chi connectivity index (χ3n) is 16.2. The molecule has 16 heteroatoms. The number of likely N-dealkylation sites (tertiary alicyclic amines) is 2. The molecule has 6 aromatic heterocycles. The molecular weight excluding hydrogens is 881 g/mol. The Balaban J connectivity index is 0.000000137. The maximum atomic E-state index is 13.5. The van der Waals surface area contributed by atoms with Crippen LogP contribution in [-0.4, -0.2) is 126 Å². The molecule has 2 aromatic carbocycles. The van der Waals surface area contributed by atoms with Gasteiger partial charge in [0.15, 0.2) is 11.6 Å². The van der Waals surface area contributed by atoms with Gasteiger partial charge >= 0.3 is 0 Å². The van der Waals surface area contributed by atoms with Crippen LogP contribution in [0.3, 0.4) is 0 Å². The molecule has 70 heavy (non-hydrogen) atoms. The number of hydrogen-bond donors (Lipinski definition) is 2. The summed E-state index contributed by atoms with van der Waals surface area (Å²) < 4.78 is 20.4. The van der Waals surface area contributed by atoms with Crippen LogP contribution >= 0.6 is 0 Å². The maximum absolute atomic E-state index is 13.5. The van der Waals surface area contributed by atoms with Crippen molar-refractivity contribution in [1.29, 1.82) is 0 Å². The molecule has 8 aromatic rings. The monoisotopic (exact) mass is 940 g/mol. The summed E-state index contributed by atoms with van der Waals surface area (Å²) >= 11 is 0. The number of benzene rings is 2. The lowest BCUT2D eigenvalue weighted by molar-refractivity contribution is 0.0159. The largest absolute Gasteiger partial charge is 0.494 e. The molecule has 360 valence electrons. The van der Waals surface area contributed by atoms with Crippen molar-refractivity contribution < 1.29 is 19.1 Å². The summed E-state index contributed by atoms with van der Waals surface area (Å²) in [6, 6.07) is 20.1. The predicted molar refractivity (Wildman–Crippen MR) is 269 cm³/mol. The van der Waals surface area contributed by atoms with E-state index in [4.69, 9.17) is 19.4 Å². The van der Waals surface area contributed by atoms with Crippen molar-refractivity contribution in [3.05, 3.63) is 84.2 Å². The fourth-order valence-corrected chi connectivity index (χ4v) is 11.9. The molecule has 2 amide bonds. The molecule has 0 atom stereocenters. The van der Waals surface area contributed by atoms with Crippen LogP contribution in [0.1, 0.15) is 59.2 Å². The minimum absolute atomic E-state index is 0.0574. The van der Waals surface area contributed by atoms with Crippen LogP contribution in [0, 0.1) is 22.7 Å². The number of fused-ring (bicyclic) bond motifs is 4. The number of imidazole rings is 2. The van der Waals surface area contributed by atoms with Crippen LogP contribution in [0.25, 0.3) is 67.2 Å². The van der Waals surface area contributed by atoms with Gasteiger partial charge in [-0.25, -0.2) is 19.9 Å². The van der Waals surface area contributed by atoms with Crippen molar-refractivity contribution in [2.24, 2.45) is 36.8 Å². The standard InChI is InChI=1S/2C27H30N6O2/c1-31-23-20(10-19(12-22(23)35-2)26(34)32-9-7-27(16-32)14-28-15-27)30-25(31)21-11-18-4-3-8-29-24(18)33(21)13-17-5-6-17;1-31-23-20(10-19(12-22(23)35-2)26(34)32-15-27(16-32)7-9-28-14-27)30-25(31)21-11-18-4-3-8-29-24(18)33(21)13-17-5-6-17/h2*3-4,8,10-12,17,28H,5-7,9,13-16H2,1-2H3. The molecule has 4 saturated heterocycles. The van der Waals surface area contributed by atoms with Gasteiger partial charge in [-0.05, 0) is 118 Å². The summed E-state index contributed by atoms with van der Waals surface area (Å²) in [6.07, 6.45) is 11.0. The first-order valence-electron chi connectivity index (χ1n) is 25.1. The van der Waals surface area contributed by atoms with Gasteiger partial charge in [0, 0.05) is 118 Å². The van der Waals surface area contributed by atoms with E-state index in [1.807, 2.05) is 72.7 Å². The minimum Gasteiger partial charge on any atom is -0.494 e. The molecule has 2 aliphatic carbocycles. The molecule has 0 bridgehead atoms. The molecule has 2 spiro atoms. The van der Waals surface area contributed by atoms with Crippen LogP contribution in [-0.2, 0) is 27.2 Å². The Morgan fingerprint density at radius 1 is 0.643 bits per heavy atom. The SMILES string of the molecule is COc1cc(C(=O)N2CC3(CCNC3)C2)cc2nc(-c3cc4cccnc4n3CC3CC3)n(C)c12.COc1cc(C(=O)N2CCC3(CNC3)C2)cc2nc(-c3cc4cccnc4n3CC3CC3)n(C)c12. The number of nitrogens with zero attached hydrogens (tertiary/aromatic N) is 10. The van der Waals surface area contributed by atoms with Gasteiger partial charge in [0.05, 0.1) is 36.6 Å². The minimum atomic E-state index is 0.0574.